The van der Waals surface area contributed by atoms with Crippen molar-refractivity contribution in [3.63, 3.8) is 0 Å². The zero-order valence-electron chi connectivity index (χ0n) is 12.0. The van der Waals surface area contributed by atoms with Crippen molar-refractivity contribution >= 4 is 11.9 Å². The Kier molecular flexibility index (Phi) is 6.85. The standard InChI is InChI=1S/C13H22N2O4/c1-10(12(16)17)8-14-9-11(2)13(18)19-7-6-15(3,4)5/h8,14H,2,6-7,9H2,1,3-5H3/p+1. The lowest BCUT2D eigenvalue weighted by atomic mass is 10.3. The quantitative estimate of drug-likeness (QED) is 0.379. The molecular weight excluding hydrogens is 248 g/mol. The third-order valence-electron chi connectivity index (χ3n) is 2.26. The van der Waals surface area contributed by atoms with E-state index in [1.54, 1.807) is 0 Å². The Morgan fingerprint density at radius 2 is 1.95 bits per heavy atom. The zero-order valence-corrected chi connectivity index (χ0v) is 12.0. The molecule has 0 aliphatic carbocycles. The van der Waals surface area contributed by atoms with Gasteiger partial charge in [0.1, 0.15) is 13.2 Å². The third kappa shape index (κ3) is 8.84. The van der Waals surface area contributed by atoms with Crippen LogP contribution in [0.5, 0.6) is 0 Å². The molecule has 0 amide bonds. The Labute approximate surface area is 113 Å². The molecular formula is C13H23N2O4+. The fourth-order valence-corrected chi connectivity index (χ4v) is 0.975. The van der Waals surface area contributed by atoms with Crippen molar-refractivity contribution in [1.29, 1.82) is 0 Å². The van der Waals surface area contributed by atoms with Crippen LogP contribution in [-0.4, -0.2) is 62.4 Å². The van der Waals surface area contributed by atoms with Gasteiger partial charge in [0.25, 0.3) is 0 Å². The van der Waals surface area contributed by atoms with E-state index in [4.69, 9.17) is 9.84 Å². The predicted molar refractivity (Wildman–Crippen MR) is 72.4 cm³/mol. The van der Waals surface area contributed by atoms with Crippen LogP contribution < -0.4 is 5.32 Å². The van der Waals surface area contributed by atoms with Gasteiger partial charge in [-0.25, -0.2) is 9.59 Å². The minimum absolute atomic E-state index is 0.159. The van der Waals surface area contributed by atoms with Gasteiger partial charge in [0.05, 0.1) is 21.1 Å². The van der Waals surface area contributed by atoms with Gasteiger partial charge in [0, 0.05) is 23.9 Å². The molecule has 0 saturated carbocycles. The van der Waals surface area contributed by atoms with Gasteiger partial charge in [-0.05, 0) is 6.92 Å². The number of rotatable bonds is 8. The first-order valence-electron chi connectivity index (χ1n) is 5.92. The molecule has 19 heavy (non-hydrogen) atoms. The van der Waals surface area contributed by atoms with Crippen LogP contribution in [-0.2, 0) is 14.3 Å². The first-order chi connectivity index (χ1) is 8.63. The molecule has 0 unspecified atom stereocenters. The lowest BCUT2D eigenvalue weighted by molar-refractivity contribution is -0.870. The van der Waals surface area contributed by atoms with E-state index in [0.717, 1.165) is 0 Å². The van der Waals surface area contributed by atoms with E-state index in [0.29, 0.717) is 17.6 Å². The summed E-state index contributed by atoms with van der Waals surface area (Å²) >= 11 is 0. The maximum absolute atomic E-state index is 11.5. The van der Waals surface area contributed by atoms with Crippen LogP contribution in [0.15, 0.2) is 23.9 Å². The average Bonchev–Trinajstić information content (AvgIpc) is 2.26. The number of hydrogen-bond acceptors (Lipinski definition) is 4. The lowest BCUT2D eigenvalue weighted by Crippen LogP contribution is -2.38. The largest absolute Gasteiger partial charge is 0.478 e. The summed E-state index contributed by atoms with van der Waals surface area (Å²) in [5, 5.41) is 11.3. The number of likely N-dealkylation sites (N-methyl/N-ethyl adjacent to an activating group) is 1. The molecule has 0 aromatic rings. The summed E-state index contributed by atoms with van der Waals surface area (Å²) in [5.74, 6) is -1.48. The molecule has 0 aliphatic rings. The Morgan fingerprint density at radius 1 is 1.37 bits per heavy atom. The molecule has 0 spiro atoms. The van der Waals surface area contributed by atoms with Crippen LogP contribution in [0.3, 0.4) is 0 Å². The Morgan fingerprint density at radius 3 is 2.42 bits per heavy atom. The van der Waals surface area contributed by atoms with Crippen molar-refractivity contribution in [2.24, 2.45) is 0 Å². The number of ether oxygens (including phenoxy) is 1. The molecule has 6 nitrogen and oxygen atoms in total. The van der Waals surface area contributed by atoms with Gasteiger partial charge >= 0.3 is 11.9 Å². The summed E-state index contributed by atoms with van der Waals surface area (Å²) < 4.78 is 5.76. The first kappa shape index (κ1) is 17.2. The van der Waals surface area contributed by atoms with Crippen molar-refractivity contribution in [2.45, 2.75) is 6.92 Å². The summed E-state index contributed by atoms with van der Waals surface area (Å²) in [7, 11) is 6.01. The average molecular weight is 271 g/mol. The number of carbonyl (C=O) groups is 2. The highest BCUT2D eigenvalue weighted by molar-refractivity contribution is 5.88. The van der Waals surface area contributed by atoms with Gasteiger partial charge in [-0.3, -0.25) is 0 Å². The van der Waals surface area contributed by atoms with Crippen molar-refractivity contribution < 1.29 is 23.9 Å². The third-order valence-corrected chi connectivity index (χ3v) is 2.26. The molecule has 108 valence electrons. The van der Waals surface area contributed by atoms with Crippen molar-refractivity contribution in [3.05, 3.63) is 23.9 Å². The van der Waals surface area contributed by atoms with Crippen LogP contribution >= 0.6 is 0 Å². The van der Waals surface area contributed by atoms with E-state index in [-0.39, 0.29) is 17.7 Å². The fraction of sp³-hybridized carbons (Fsp3) is 0.538. The molecule has 0 aliphatic heterocycles. The van der Waals surface area contributed by atoms with E-state index in [2.05, 4.69) is 11.9 Å². The number of quaternary nitrogens is 1. The van der Waals surface area contributed by atoms with Crippen molar-refractivity contribution in [3.8, 4) is 0 Å². The lowest BCUT2D eigenvalue weighted by Gasteiger charge is -2.23. The predicted octanol–water partition coefficient (Wildman–Crippen LogP) is 0.370. The molecule has 0 saturated heterocycles. The van der Waals surface area contributed by atoms with E-state index < -0.39 is 11.9 Å². The van der Waals surface area contributed by atoms with Gasteiger partial charge < -0.3 is 19.6 Å². The second-order valence-electron chi connectivity index (χ2n) is 5.27. The van der Waals surface area contributed by atoms with Gasteiger partial charge in [-0.2, -0.15) is 0 Å². The molecule has 0 radical (unpaired) electrons. The topological polar surface area (TPSA) is 75.6 Å². The maximum Gasteiger partial charge on any atom is 0.335 e. The van der Waals surface area contributed by atoms with Crippen molar-refractivity contribution in [2.75, 3.05) is 40.8 Å². The number of carboxylic acid groups (broad SMARTS) is 1. The van der Waals surface area contributed by atoms with Crippen LogP contribution in [0.25, 0.3) is 0 Å². The number of carboxylic acids is 1. The van der Waals surface area contributed by atoms with Gasteiger partial charge in [0.2, 0.25) is 0 Å². The molecule has 0 fully saturated rings. The molecule has 2 N–H and O–H groups in total. The molecule has 0 atom stereocenters. The van der Waals surface area contributed by atoms with E-state index in [9.17, 15) is 9.59 Å². The second-order valence-corrected chi connectivity index (χ2v) is 5.27. The highest BCUT2D eigenvalue weighted by Crippen LogP contribution is 1.96. The van der Waals surface area contributed by atoms with Gasteiger partial charge in [-0.1, -0.05) is 6.58 Å². The number of hydrogen-bond donors (Lipinski definition) is 2. The van der Waals surface area contributed by atoms with Crippen LogP contribution in [0.1, 0.15) is 6.92 Å². The monoisotopic (exact) mass is 271 g/mol. The SMILES string of the molecule is C=C(CNC=C(C)C(=O)O)C(=O)OCC[N+](C)(C)C. The van der Waals surface area contributed by atoms with E-state index in [1.807, 2.05) is 21.1 Å². The highest BCUT2D eigenvalue weighted by Gasteiger charge is 2.11. The smallest absolute Gasteiger partial charge is 0.335 e. The van der Waals surface area contributed by atoms with Crippen molar-refractivity contribution in [1.82, 2.24) is 5.32 Å². The second kappa shape index (κ2) is 7.58. The van der Waals surface area contributed by atoms with Gasteiger partial charge in [-0.15, -0.1) is 0 Å². The molecule has 0 heterocycles. The van der Waals surface area contributed by atoms with Gasteiger partial charge in [0.15, 0.2) is 0 Å². The molecule has 6 heteroatoms. The minimum Gasteiger partial charge on any atom is -0.478 e. The Bertz CT molecular complexity index is 381. The Balaban J connectivity index is 3.99. The Hall–Kier alpha value is -1.82. The van der Waals surface area contributed by atoms with E-state index in [1.165, 1.54) is 13.1 Å². The summed E-state index contributed by atoms with van der Waals surface area (Å²) in [5.41, 5.74) is 0.419. The normalized spacial score (nSPS) is 11.9. The van der Waals surface area contributed by atoms with Crippen LogP contribution in [0.4, 0.5) is 0 Å². The molecule has 0 aromatic carbocycles. The highest BCUT2D eigenvalue weighted by atomic mass is 16.5. The number of esters is 1. The first-order valence-corrected chi connectivity index (χ1v) is 5.92. The number of aliphatic carboxylic acids is 1. The molecule has 0 bridgehead atoms. The fourth-order valence-electron chi connectivity index (χ4n) is 0.975. The number of nitrogens with zero attached hydrogens (tertiary/aromatic N) is 1. The summed E-state index contributed by atoms with van der Waals surface area (Å²) in [6, 6.07) is 0. The minimum atomic E-state index is -1.01. The van der Waals surface area contributed by atoms with Crippen LogP contribution in [0, 0.1) is 0 Å². The maximum atomic E-state index is 11.5. The molecule has 0 aromatic heterocycles. The summed E-state index contributed by atoms with van der Waals surface area (Å²) in [6.07, 6.45) is 1.33. The number of nitrogens with one attached hydrogen (secondary N) is 1. The van der Waals surface area contributed by atoms with Crippen LogP contribution in [0.2, 0.25) is 0 Å². The zero-order chi connectivity index (χ0) is 15.1. The van der Waals surface area contributed by atoms with E-state index >= 15 is 0 Å². The summed E-state index contributed by atoms with van der Waals surface area (Å²) in [4.78, 5) is 22.1. The molecule has 0 rings (SSSR count). The summed E-state index contributed by atoms with van der Waals surface area (Å²) in [6.45, 7) is 6.25. The number of carbonyl (C=O) groups excluding carboxylic acids is 1.